The minimum atomic E-state index is -0.794. The van der Waals surface area contributed by atoms with Crippen LogP contribution in [0, 0.1) is 5.41 Å². The number of nitrogens with zero attached hydrogens (tertiary/aromatic N) is 1. The molecule has 0 radical (unpaired) electrons. The Morgan fingerprint density at radius 3 is 2.52 bits per heavy atom. The van der Waals surface area contributed by atoms with Crippen molar-refractivity contribution in [2.24, 2.45) is 7.05 Å². The maximum absolute atomic E-state index is 12.6. The Labute approximate surface area is 170 Å². The van der Waals surface area contributed by atoms with Gasteiger partial charge in [0.15, 0.2) is 0 Å². The van der Waals surface area contributed by atoms with Gasteiger partial charge < -0.3 is 9.30 Å². The zero-order chi connectivity index (χ0) is 20.4. The smallest absolute Gasteiger partial charge is 0.414 e. The molecule has 0 aliphatic heterocycles. The summed E-state index contributed by atoms with van der Waals surface area (Å²) in [6.07, 6.45) is 2.79. The van der Waals surface area contributed by atoms with Gasteiger partial charge in [-0.1, -0.05) is 6.92 Å². The van der Waals surface area contributed by atoms with Crippen molar-refractivity contribution < 1.29 is 14.3 Å². The highest BCUT2D eigenvalue weighted by Gasteiger charge is 2.23. The number of carbonyl (C=O) groups excluding carboxylic acids is 2. The molecule has 2 aromatic heterocycles. The quantitative estimate of drug-likeness (QED) is 0.478. The van der Waals surface area contributed by atoms with E-state index in [0.29, 0.717) is 5.56 Å². The third-order valence-electron chi connectivity index (χ3n) is 3.58. The maximum Gasteiger partial charge on any atom is 0.414 e. The fourth-order valence-corrected chi connectivity index (χ4v) is 3.99. The lowest BCUT2D eigenvalue weighted by Gasteiger charge is -2.19. The molecule has 0 fully saturated rings. The van der Waals surface area contributed by atoms with Crippen molar-refractivity contribution in [1.29, 1.82) is 5.41 Å². The second-order valence-electron chi connectivity index (χ2n) is 7.14. The van der Waals surface area contributed by atoms with Crippen LogP contribution < -0.4 is 10.6 Å². The molecule has 2 amide bonds. The lowest BCUT2D eigenvalue weighted by Crippen LogP contribution is -2.45. The molecule has 0 aliphatic carbocycles. The topological polar surface area (TPSA) is 96.2 Å². The Morgan fingerprint density at radius 2 is 1.96 bits per heavy atom. The van der Waals surface area contributed by atoms with E-state index in [9.17, 15) is 9.59 Å². The molecule has 3 N–H and O–H groups in total. The Balaban J connectivity index is 2.10. The largest absolute Gasteiger partial charge is 0.444 e. The van der Waals surface area contributed by atoms with Crippen LogP contribution in [-0.4, -0.2) is 28.1 Å². The summed E-state index contributed by atoms with van der Waals surface area (Å²) < 4.78 is 7.87. The number of aromatic nitrogens is 1. The lowest BCUT2D eigenvalue weighted by atomic mass is 9.98. The Hall–Kier alpha value is -2.13. The molecule has 7 nitrogen and oxygen atoms in total. The van der Waals surface area contributed by atoms with E-state index in [-0.39, 0.29) is 5.92 Å². The van der Waals surface area contributed by atoms with Crippen LogP contribution >= 0.6 is 27.3 Å². The molecule has 1 unspecified atom stereocenters. The van der Waals surface area contributed by atoms with Crippen LogP contribution in [0.15, 0.2) is 28.3 Å². The van der Waals surface area contributed by atoms with Gasteiger partial charge >= 0.3 is 6.09 Å². The molecule has 0 saturated carbocycles. The summed E-state index contributed by atoms with van der Waals surface area (Å²) >= 11 is 5.05. The van der Waals surface area contributed by atoms with Crippen LogP contribution in [0.3, 0.4) is 0 Å². The molecule has 1 atom stereocenters. The minimum absolute atomic E-state index is 0.0104. The normalized spacial score (nSPS) is 12.4. The number of ether oxygens (including phenoxy) is 1. The average molecular weight is 455 g/mol. The lowest BCUT2D eigenvalue weighted by molar-refractivity contribution is 0.0561. The van der Waals surface area contributed by atoms with Gasteiger partial charge in [0, 0.05) is 40.1 Å². The van der Waals surface area contributed by atoms with E-state index in [1.54, 1.807) is 42.9 Å². The van der Waals surface area contributed by atoms with Gasteiger partial charge in [0.2, 0.25) is 5.96 Å². The van der Waals surface area contributed by atoms with Crippen LogP contribution in [0.25, 0.3) is 0 Å². The Kier molecular flexibility index (Phi) is 6.48. The van der Waals surface area contributed by atoms with Crippen molar-refractivity contribution in [3.05, 3.63) is 44.3 Å². The van der Waals surface area contributed by atoms with Crippen molar-refractivity contribution in [2.45, 2.75) is 39.2 Å². The highest BCUT2D eigenvalue weighted by atomic mass is 79.9. The molecule has 0 aliphatic rings. The average Bonchev–Trinajstić information content (AvgIpc) is 3.10. The van der Waals surface area contributed by atoms with E-state index < -0.39 is 23.6 Å². The van der Waals surface area contributed by atoms with Crippen molar-refractivity contribution in [2.75, 3.05) is 0 Å². The standard InChI is InChI=1S/C18H23BrN4O3S/c1-10(14-6-11(19)9-27-14)12-7-23(5)8-13(12)15(24)21-16(20)22-17(25)26-18(2,3)4/h6-10H,1-5H3,(H3,20,21,22,24,25). The summed E-state index contributed by atoms with van der Waals surface area (Å²) in [5.74, 6) is -0.888. The van der Waals surface area contributed by atoms with Gasteiger partial charge in [-0.3, -0.25) is 20.8 Å². The van der Waals surface area contributed by atoms with Gasteiger partial charge in [0.25, 0.3) is 5.91 Å². The van der Waals surface area contributed by atoms with Crippen molar-refractivity contribution in [3.63, 3.8) is 0 Å². The molecular weight excluding hydrogens is 432 g/mol. The SMILES string of the molecule is CC(c1cc(Br)cs1)c1cn(C)cc1C(=O)NC(=N)NC(=O)OC(C)(C)C. The molecule has 2 heterocycles. The summed E-state index contributed by atoms with van der Waals surface area (Å²) in [5, 5.41) is 14.4. The van der Waals surface area contributed by atoms with Crippen molar-refractivity contribution in [3.8, 4) is 0 Å². The highest BCUT2D eigenvalue weighted by molar-refractivity contribution is 9.10. The number of nitrogens with one attached hydrogen (secondary N) is 3. The highest BCUT2D eigenvalue weighted by Crippen LogP contribution is 2.33. The van der Waals surface area contributed by atoms with Crippen LogP contribution in [0.2, 0.25) is 0 Å². The fraction of sp³-hybridized carbons (Fsp3) is 0.389. The molecule has 0 saturated heterocycles. The number of halogens is 1. The van der Waals surface area contributed by atoms with Crippen LogP contribution in [0.5, 0.6) is 0 Å². The number of aryl methyl sites for hydroxylation is 1. The Morgan fingerprint density at radius 1 is 1.30 bits per heavy atom. The van der Waals surface area contributed by atoms with Gasteiger partial charge in [-0.2, -0.15) is 0 Å². The molecule has 27 heavy (non-hydrogen) atoms. The molecule has 2 aromatic rings. The monoisotopic (exact) mass is 454 g/mol. The van der Waals surface area contributed by atoms with E-state index >= 15 is 0 Å². The van der Waals surface area contributed by atoms with Gasteiger partial charge in [-0.15, -0.1) is 11.3 Å². The molecule has 0 bridgehead atoms. The van der Waals surface area contributed by atoms with Gasteiger partial charge in [0.1, 0.15) is 5.60 Å². The van der Waals surface area contributed by atoms with E-state index in [2.05, 4.69) is 26.6 Å². The third kappa shape index (κ3) is 5.93. The zero-order valence-electron chi connectivity index (χ0n) is 15.8. The molecular formula is C18H23BrN4O3S. The number of thiophene rings is 1. The van der Waals surface area contributed by atoms with Gasteiger partial charge in [0.05, 0.1) is 5.56 Å². The van der Waals surface area contributed by atoms with E-state index in [1.807, 2.05) is 31.6 Å². The van der Waals surface area contributed by atoms with E-state index in [4.69, 9.17) is 10.1 Å². The predicted molar refractivity (Wildman–Crippen MR) is 110 cm³/mol. The number of alkyl carbamates (subject to hydrolysis) is 1. The number of hydrogen-bond donors (Lipinski definition) is 3. The molecule has 0 aromatic carbocycles. The predicted octanol–water partition coefficient (Wildman–Crippen LogP) is 4.19. The summed E-state index contributed by atoms with van der Waals surface area (Å²) in [6, 6.07) is 2.02. The molecule has 2 rings (SSSR count). The first-order chi connectivity index (χ1) is 12.5. The summed E-state index contributed by atoms with van der Waals surface area (Å²) in [7, 11) is 1.83. The second-order valence-corrected chi connectivity index (χ2v) is 9.00. The number of amides is 2. The minimum Gasteiger partial charge on any atom is -0.444 e. The number of guanidine groups is 1. The van der Waals surface area contributed by atoms with Crippen molar-refractivity contribution >= 4 is 45.2 Å². The van der Waals surface area contributed by atoms with Crippen molar-refractivity contribution in [1.82, 2.24) is 15.2 Å². The molecule has 146 valence electrons. The van der Waals surface area contributed by atoms with Gasteiger partial charge in [-0.25, -0.2) is 4.79 Å². The maximum atomic E-state index is 12.6. The first-order valence-corrected chi connectivity index (χ1v) is 9.93. The first kappa shape index (κ1) is 21.2. The van der Waals surface area contributed by atoms with E-state index in [1.165, 1.54) is 0 Å². The second kappa shape index (κ2) is 8.26. The van der Waals surface area contributed by atoms with Crippen LogP contribution in [0.1, 0.15) is 54.4 Å². The Bertz CT molecular complexity index is 866. The number of rotatable bonds is 3. The molecule has 9 heteroatoms. The first-order valence-electron chi connectivity index (χ1n) is 8.26. The number of carbonyl (C=O) groups is 2. The summed E-state index contributed by atoms with van der Waals surface area (Å²) in [6.45, 7) is 7.18. The summed E-state index contributed by atoms with van der Waals surface area (Å²) in [5.41, 5.74) is 0.602. The third-order valence-corrected chi connectivity index (χ3v) is 5.45. The van der Waals surface area contributed by atoms with Crippen LogP contribution in [0.4, 0.5) is 4.79 Å². The fourth-order valence-electron chi connectivity index (χ4n) is 2.47. The summed E-state index contributed by atoms with van der Waals surface area (Å²) in [4.78, 5) is 25.5. The van der Waals surface area contributed by atoms with Gasteiger partial charge in [-0.05, 0) is 48.3 Å². The zero-order valence-corrected chi connectivity index (χ0v) is 18.2. The molecule has 0 spiro atoms. The van der Waals surface area contributed by atoms with E-state index in [0.717, 1.165) is 14.9 Å². The van der Waals surface area contributed by atoms with Crippen LogP contribution in [-0.2, 0) is 11.8 Å². The number of hydrogen-bond acceptors (Lipinski definition) is 5.